The molecule has 3 fully saturated rings. The molecule has 13 heteroatoms. The van der Waals surface area contributed by atoms with Crippen LogP contribution in [0.25, 0.3) is 0 Å². The molecule has 10 nitrogen and oxygen atoms in total. The highest BCUT2D eigenvalue weighted by Gasteiger charge is 2.70. The number of ether oxygens (including phenoxy) is 2. The summed E-state index contributed by atoms with van der Waals surface area (Å²) in [5, 5.41) is 4.07. The van der Waals surface area contributed by atoms with Crippen LogP contribution in [-0.4, -0.2) is 47.1 Å². The number of imide groups is 1. The highest BCUT2D eigenvalue weighted by Crippen LogP contribution is 2.69. The fraction of sp³-hybridized carbons (Fsp3) is 0.324. The van der Waals surface area contributed by atoms with E-state index in [0.717, 1.165) is 32.4 Å². The summed E-state index contributed by atoms with van der Waals surface area (Å²) in [4.78, 5) is 71.2. The highest BCUT2D eigenvalue weighted by atomic mass is 35.5. The number of halogens is 1. The third-order valence-electron chi connectivity index (χ3n) is 10.4. The number of carbonyl (C=O) groups excluding carboxylic acids is 4. The zero-order valence-corrected chi connectivity index (χ0v) is 29.4. The summed E-state index contributed by atoms with van der Waals surface area (Å²) in [6.45, 7) is 3.63. The van der Waals surface area contributed by atoms with E-state index in [0.29, 0.717) is 34.1 Å². The van der Waals surface area contributed by atoms with E-state index in [2.05, 4.69) is 10.3 Å². The summed E-state index contributed by atoms with van der Waals surface area (Å²) in [6, 6.07) is 19.1. The number of hydrogen-bond acceptors (Lipinski definition) is 9. The van der Waals surface area contributed by atoms with Crippen molar-refractivity contribution in [3.05, 3.63) is 103 Å². The number of nitrogens with one attached hydrogen (secondary N) is 2. The van der Waals surface area contributed by atoms with Gasteiger partial charge in [-0.1, -0.05) is 41.1 Å². The van der Waals surface area contributed by atoms with E-state index < -0.39 is 17.8 Å². The van der Waals surface area contributed by atoms with Gasteiger partial charge in [0, 0.05) is 32.3 Å². The maximum absolute atomic E-state index is 14.2. The number of aryl methyl sites for hydroxylation is 1. The molecule has 3 amide bonds. The Balaban J connectivity index is 1.11. The average Bonchev–Trinajstić information content (AvgIpc) is 3.84. The number of amides is 3. The number of fused-ring (bicyclic) bond motifs is 9. The fourth-order valence-electron chi connectivity index (χ4n) is 8.52. The molecule has 2 bridgehead atoms. The Kier molecular flexibility index (Phi) is 8.35. The lowest BCUT2D eigenvalue weighted by atomic mass is 9.68. The van der Waals surface area contributed by atoms with Crippen LogP contribution >= 0.6 is 34.7 Å². The average molecular weight is 730 g/mol. The molecule has 0 radical (unpaired) electrons. The smallest absolute Gasteiger partial charge is 0.338 e. The van der Waals surface area contributed by atoms with E-state index in [1.54, 1.807) is 55.1 Å². The van der Waals surface area contributed by atoms with Crippen molar-refractivity contribution >= 4 is 69.8 Å². The van der Waals surface area contributed by atoms with Crippen LogP contribution in [0.3, 0.4) is 0 Å². The van der Waals surface area contributed by atoms with Crippen molar-refractivity contribution in [2.24, 2.45) is 29.6 Å². The number of benzene rings is 3. The number of anilines is 2. The van der Waals surface area contributed by atoms with Gasteiger partial charge >= 0.3 is 10.8 Å². The monoisotopic (exact) mass is 729 g/mol. The molecule has 2 aliphatic carbocycles. The van der Waals surface area contributed by atoms with Gasteiger partial charge in [0.1, 0.15) is 5.75 Å². The quantitative estimate of drug-likeness (QED) is 0.160. The normalized spacial score (nSPS) is 26.0. The Bertz CT molecular complexity index is 2110. The maximum atomic E-state index is 14.2. The summed E-state index contributed by atoms with van der Waals surface area (Å²) in [6.07, 6.45) is 0.704. The zero-order chi connectivity index (χ0) is 34.8. The van der Waals surface area contributed by atoms with Crippen molar-refractivity contribution in [1.82, 2.24) is 4.98 Å². The van der Waals surface area contributed by atoms with E-state index >= 15 is 0 Å². The molecule has 0 spiro atoms. The van der Waals surface area contributed by atoms with Crippen molar-refractivity contribution in [3.8, 4) is 5.75 Å². The van der Waals surface area contributed by atoms with Gasteiger partial charge in [-0.3, -0.25) is 24.1 Å². The number of thiazole rings is 1. The van der Waals surface area contributed by atoms with E-state index in [1.807, 2.05) is 37.3 Å². The number of aromatic amines is 1. The number of esters is 1. The Morgan fingerprint density at radius 1 is 1.00 bits per heavy atom. The second-order valence-corrected chi connectivity index (χ2v) is 15.7. The van der Waals surface area contributed by atoms with Crippen LogP contribution in [0.15, 0.2) is 76.6 Å². The largest absolute Gasteiger partial charge is 0.483 e. The minimum absolute atomic E-state index is 0.0527. The first-order valence-electron chi connectivity index (χ1n) is 16.5. The molecule has 1 saturated heterocycles. The van der Waals surface area contributed by atoms with E-state index in [9.17, 15) is 24.0 Å². The predicted molar refractivity (Wildman–Crippen MR) is 190 cm³/mol. The molecule has 2 N–H and O–H groups in total. The number of para-hydroxylation sites is 1. The van der Waals surface area contributed by atoms with Crippen LogP contribution < -0.4 is 19.8 Å². The number of aromatic nitrogens is 1. The van der Waals surface area contributed by atoms with E-state index in [4.69, 9.17) is 21.1 Å². The van der Waals surface area contributed by atoms with E-state index in [-0.39, 0.29) is 64.7 Å². The van der Waals surface area contributed by atoms with Gasteiger partial charge in [0.2, 0.25) is 11.8 Å². The molecular formula is C37H32ClN3O7S2. The molecule has 2 saturated carbocycles. The van der Waals surface area contributed by atoms with Gasteiger partial charge in [-0.2, -0.15) is 0 Å². The van der Waals surface area contributed by atoms with Crippen LogP contribution in [-0.2, 0) is 19.1 Å². The molecule has 7 atom stereocenters. The predicted octanol–water partition coefficient (Wildman–Crippen LogP) is 6.27. The number of thioether (sulfide) groups is 1. The molecule has 6 unspecified atom stereocenters. The Morgan fingerprint density at radius 3 is 2.48 bits per heavy atom. The third kappa shape index (κ3) is 5.35. The first-order valence-corrected chi connectivity index (χ1v) is 18.5. The van der Waals surface area contributed by atoms with E-state index in [1.165, 1.54) is 4.90 Å². The molecular weight excluding hydrogens is 698 g/mol. The van der Waals surface area contributed by atoms with Gasteiger partial charge < -0.3 is 19.8 Å². The fourth-order valence-corrected chi connectivity index (χ4v) is 11.6. The summed E-state index contributed by atoms with van der Waals surface area (Å²) in [5.74, 6) is -2.52. The molecule has 1 aromatic heterocycles. The summed E-state index contributed by atoms with van der Waals surface area (Å²) >= 11 is 9.32. The summed E-state index contributed by atoms with van der Waals surface area (Å²) in [7, 11) is 0. The standard InChI is InChI=1S/C37H32ClN3O7S2/c1-3-47-36(45)18-8-11-20(12-9-18)41-34(43)29-22-15-23(30(29)35(41)44)31-28(22)27(32-33(49-31)40-37(46)50-32)21-14-19(38)10-13-25(21)48-16-26(42)39-24-7-5-4-6-17(24)2/h4-14,22-23,27-31H,3,15-16H2,1-2H3,(H,39,42)(H,40,46)/t22?,23?,27-,28?,29?,30?,31?/m1/s1. The van der Waals surface area contributed by atoms with Crippen molar-refractivity contribution in [3.63, 3.8) is 0 Å². The molecule has 4 aliphatic rings. The number of H-pyrrole nitrogens is 1. The van der Waals surface area contributed by atoms with Gasteiger partial charge in [-0.15, -0.1) is 11.8 Å². The van der Waals surface area contributed by atoms with Crippen LogP contribution in [0.4, 0.5) is 11.4 Å². The van der Waals surface area contributed by atoms with Crippen LogP contribution in [0, 0.1) is 36.5 Å². The maximum Gasteiger partial charge on any atom is 0.338 e. The molecule has 3 heterocycles. The van der Waals surface area contributed by atoms with Crippen LogP contribution in [0.1, 0.15) is 45.6 Å². The topological polar surface area (TPSA) is 135 Å². The lowest BCUT2D eigenvalue weighted by Crippen LogP contribution is -2.42. The minimum Gasteiger partial charge on any atom is -0.483 e. The van der Waals surface area contributed by atoms with Crippen molar-refractivity contribution < 1.29 is 28.7 Å². The molecule has 4 aromatic rings. The number of hydrogen-bond donors (Lipinski definition) is 2. The summed E-state index contributed by atoms with van der Waals surface area (Å²) in [5.41, 5.74) is 3.12. The van der Waals surface area contributed by atoms with Crippen LogP contribution in [0.5, 0.6) is 5.75 Å². The van der Waals surface area contributed by atoms with Crippen molar-refractivity contribution in [2.75, 3.05) is 23.4 Å². The number of carbonyl (C=O) groups is 4. The first kappa shape index (κ1) is 32.8. The molecule has 8 rings (SSSR count). The zero-order valence-electron chi connectivity index (χ0n) is 27.0. The second kappa shape index (κ2) is 12.7. The molecule has 256 valence electrons. The Morgan fingerprint density at radius 2 is 1.74 bits per heavy atom. The van der Waals surface area contributed by atoms with Gasteiger partial charge in [0.25, 0.3) is 5.91 Å². The van der Waals surface area contributed by atoms with Gasteiger partial charge in [0.05, 0.1) is 34.7 Å². The highest BCUT2D eigenvalue weighted by molar-refractivity contribution is 8.00. The Labute approximate surface area is 300 Å². The SMILES string of the molecule is CCOC(=O)c1ccc(N2C(=O)C3C4CC(C3C2=O)C2C4Sc3[nH]c(=O)sc3[C@@H]2c2cc(Cl)ccc2OCC(=O)Nc2ccccc2C)cc1. The van der Waals surface area contributed by atoms with Crippen molar-refractivity contribution in [1.29, 1.82) is 0 Å². The van der Waals surface area contributed by atoms with Gasteiger partial charge in [0.15, 0.2) is 6.61 Å². The minimum atomic E-state index is -0.526. The lowest BCUT2D eigenvalue weighted by Gasteiger charge is -2.43. The number of nitrogens with zero attached hydrogens (tertiary/aromatic N) is 1. The molecule has 50 heavy (non-hydrogen) atoms. The van der Waals surface area contributed by atoms with Crippen LogP contribution in [0.2, 0.25) is 5.02 Å². The lowest BCUT2D eigenvalue weighted by molar-refractivity contribution is -0.123. The van der Waals surface area contributed by atoms with Gasteiger partial charge in [-0.25, -0.2) is 4.79 Å². The number of rotatable bonds is 8. The molecule has 3 aromatic carbocycles. The first-order chi connectivity index (χ1) is 24.1. The van der Waals surface area contributed by atoms with Crippen molar-refractivity contribution in [2.45, 2.75) is 36.5 Å². The molecule has 2 aliphatic heterocycles. The van der Waals surface area contributed by atoms with Gasteiger partial charge in [-0.05, 0) is 92.1 Å². The second-order valence-electron chi connectivity index (χ2n) is 13.1. The summed E-state index contributed by atoms with van der Waals surface area (Å²) < 4.78 is 11.3. The Hall–Kier alpha value is -4.39. The third-order valence-corrected chi connectivity index (χ3v) is 13.3.